The van der Waals surface area contributed by atoms with E-state index < -0.39 is 0 Å². The van der Waals surface area contributed by atoms with Gasteiger partial charge in [-0.3, -0.25) is 0 Å². The third-order valence-corrected chi connectivity index (χ3v) is 2.77. The molecule has 1 rings (SSSR count). The fourth-order valence-corrected chi connectivity index (χ4v) is 1.58. The number of hydrogen-bond acceptors (Lipinski definition) is 4. The van der Waals surface area contributed by atoms with Crippen molar-refractivity contribution in [3.63, 3.8) is 0 Å². The van der Waals surface area contributed by atoms with Crippen LogP contribution in [0.5, 0.6) is 0 Å². The highest BCUT2D eigenvalue weighted by Crippen LogP contribution is 2.11. The molecule has 86 valence electrons. The molecule has 0 aliphatic rings. The summed E-state index contributed by atoms with van der Waals surface area (Å²) in [6.07, 6.45) is 3.23. The molecule has 5 nitrogen and oxygen atoms in total. The van der Waals surface area contributed by atoms with Gasteiger partial charge in [0.15, 0.2) is 5.82 Å². The van der Waals surface area contributed by atoms with Gasteiger partial charge in [0, 0.05) is 12.5 Å². The van der Waals surface area contributed by atoms with Crippen LogP contribution in [0.4, 0.5) is 0 Å². The lowest BCUT2D eigenvalue weighted by Gasteiger charge is -2.17. The highest BCUT2D eigenvalue weighted by atomic mass is 15.6. The maximum atomic E-state index is 4.19. The third-order valence-electron chi connectivity index (χ3n) is 2.77. The Morgan fingerprint density at radius 1 is 1.47 bits per heavy atom. The molecule has 2 unspecified atom stereocenters. The Balaban J connectivity index is 2.46. The molecule has 0 radical (unpaired) electrons. The number of likely N-dealkylation sites (N-methyl/N-ethyl adjacent to an activating group) is 1. The van der Waals surface area contributed by atoms with Gasteiger partial charge in [-0.2, -0.15) is 4.80 Å². The van der Waals surface area contributed by atoms with E-state index in [4.69, 9.17) is 0 Å². The molecule has 1 aromatic rings. The van der Waals surface area contributed by atoms with Crippen molar-refractivity contribution in [2.24, 2.45) is 13.0 Å². The summed E-state index contributed by atoms with van der Waals surface area (Å²) in [6.45, 7) is 4.49. The number of hydrogen-bond donors (Lipinski definition) is 1. The van der Waals surface area contributed by atoms with Crippen LogP contribution in [-0.2, 0) is 13.5 Å². The fourth-order valence-electron chi connectivity index (χ4n) is 1.58. The van der Waals surface area contributed by atoms with E-state index in [-0.39, 0.29) is 0 Å². The van der Waals surface area contributed by atoms with E-state index >= 15 is 0 Å². The van der Waals surface area contributed by atoms with Crippen molar-refractivity contribution < 1.29 is 0 Å². The second kappa shape index (κ2) is 5.80. The average molecular weight is 211 g/mol. The van der Waals surface area contributed by atoms with Crippen molar-refractivity contribution in [3.05, 3.63) is 5.82 Å². The summed E-state index contributed by atoms with van der Waals surface area (Å²) < 4.78 is 0. The van der Waals surface area contributed by atoms with Crippen LogP contribution in [0.3, 0.4) is 0 Å². The average Bonchev–Trinajstić information content (AvgIpc) is 2.62. The minimum Gasteiger partial charge on any atom is -0.317 e. The Bertz CT molecular complexity index is 283. The zero-order valence-electron chi connectivity index (χ0n) is 10.1. The Kier molecular flexibility index (Phi) is 4.68. The number of nitrogens with zero attached hydrogens (tertiary/aromatic N) is 4. The summed E-state index contributed by atoms with van der Waals surface area (Å²) in [5.41, 5.74) is 0. The number of aryl methyl sites for hydroxylation is 1. The van der Waals surface area contributed by atoms with Gasteiger partial charge in [-0.05, 0) is 24.6 Å². The summed E-state index contributed by atoms with van der Waals surface area (Å²) in [7, 11) is 3.78. The molecule has 2 atom stereocenters. The molecule has 0 aliphatic heterocycles. The van der Waals surface area contributed by atoms with Gasteiger partial charge in [0.25, 0.3) is 0 Å². The van der Waals surface area contributed by atoms with Crippen molar-refractivity contribution in [2.45, 2.75) is 39.2 Å². The van der Waals surface area contributed by atoms with E-state index in [1.807, 2.05) is 7.05 Å². The molecule has 15 heavy (non-hydrogen) atoms. The number of tetrazole rings is 1. The predicted molar refractivity (Wildman–Crippen MR) is 59.4 cm³/mol. The molecule has 5 heteroatoms. The number of nitrogens with one attached hydrogen (secondary N) is 1. The minimum absolute atomic E-state index is 0.448. The van der Waals surface area contributed by atoms with Crippen LogP contribution in [0.1, 0.15) is 32.5 Å². The van der Waals surface area contributed by atoms with Crippen LogP contribution < -0.4 is 5.32 Å². The number of rotatable bonds is 6. The number of aromatic nitrogens is 4. The lowest BCUT2D eigenvalue weighted by Crippen LogP contribution is -2.30. The maximum Gasteiger partial charge on any atom is 0.176 e. The molecular weight excluding hydrogens is 190 g/mol. The molecule has 0 bridgehead atoms. The molecule has 1 heterocycles. The Morgan fingerprint density at radius 2 is 2.20 bits per heavy atom. The first kappa shape index (κ1) is 12.1. The van der Waals surface area contributed by atoms with Gasteiger partial charge in [-0.25, -0.2) is 0 Å². The van der Waals surface area contributed by atoms with Crippen molar-refractivity contribution in [3.8, 4) is 0 Å². The Hall–Kier alpha value is -0.970. The molecular formula is C10H21N5. The SMILES string of the molecule is CCC(C)CC(Cc1nnn(C)n1)NC. The summed E-state index contributed by atoms with van der Waals surface area (Å²) in [5.74, 6) is 1.55. The maximum absolute atomic E-state index is 4.19. The van der Waals surface area contributed by atoms with Gasteiger partial charge in [0.05, 0.1) is 7.05 Å². The monoisotopic (exact) mass is 211 g/mol. The van der Waals surface area contributed by atoms with E-state index in [2.05, 4.69) is 34.6 Å². The van der Waals surface area contributed by atoms with E-state index in [1.54, 1.807) is 7.05 Å². The molecule has 0 saturated carbocycles. The zero-order chi connectivity index (χ0) is 11.3. The van der Waals surface area contributed by atoms with Crippen LogP contribution in [0.2, 0.25) is 0 Å². The molecule has 1 aromatic heterocycles. The third kappa shape index (κ3) is 3.95. The molecule has 0 spiro atoms. The largest absolute Gasteiger partial charge is 0.317 e. The Morgan fingerprint density at radius 3 is 2.67 bits per heavy atom. The Labute approximate surface area is 91.2 Å². The first-order valence-electron chi connectivity index (χ1n) is 5.55. The van der Waals surface area contributed by atoms with Gasteiger partial charge in [0.2, 0.25) is 0 Å². The molecule has 0 amide bonds. The van der Waals surface area contributed by atoms with Gasteiger partial charge in [0.1, 0.15) is 0 Å². The van der Waals surface area contributed by atoms with E-state index in [1.165, 1.54) is 11.2 Å². The smallest absolute Gasteiger partial charge is 0.176 e. The highest BCUT2D eigenvalue weighted by molar-refractivity contribution is 4.84. The van der Waals surface area contributed by atoms with E-state index in [9.17, 15) is 0 Å². The molecule has 0 aliphatic carbocycles. The standard InChI is InChI=1S/C10H21N5/c1-5-8(2)6-9(11-3)7-10-12-14-15(4)13-10/h8-9,11H,5-7H2,1-4H3. The molecule has 0 aromatic carbocycles. The fraction of sp³-hybridized carbons (Fsp3) is 0.900. The summed E-state index contributed by atoms with van der Waals surface area (Å²) in [4.78, 5) is 1.51. The van der Waals surface area contributed by atoms with Crippen molar-refractivity contribution in [1.29, 1.82) is 0 Å². The molecule has 0 saturated heterocycles. The topological polar surface area (TPSA) is 55.6 Å². The van der Waals surface area contributed by atoms with Gasteiger partial charge < -0.3 is 5.32 Å². The summed E-state index contributed by atoms with van der Waals surface area (Å²) in [6, 6.07) is 0.448. The van der Waals surface area contributed by atoms with Crippen molar-refractivity contribution in [1.82, 2.24) is 25.5 Å². The van der Waals surface area contributed by atoms with Gasteiger partial charge in [-0.15, -0.1) is 10.2 Å². The normalized spacial score (nSPS) is 15.2. The molecule has 1 N–H and O–H groups in total. The van der Waals surface area contributed by atoms with Crippen LogP contribution in [-0.4, -0.2) is 33.3 Å². The van der Waals surface area contributed by atoms with Crippen LogP contribution in [0, 0.1) is 5.92 Å². The summed E-state index contributed by atoms with van der Waals surface area (Å²) >= 11 is 0. The quantitative estimate of drug-likeness (QED) is 0.755. The van der Waals surface area contributed by atoms with Crippen molar-refractivity contribution in [2.75, 3.05) is 7.05 Å². The van der Waals surface area contributed by atoms with Gasteiger partial charge in [-0.1, -0.05) is 20.3 Å². The van der Waals surface area contributed by atoms with Crippen LogP contribution >= 0.6 is 0 Å². The van der Waals surface area contributed by atoms with E-state index in [0.29, 0.717) is 6.04 Å². The predicted octanol–water partition coefficient (Wildman–Crippen LogP) is 0.777. The highest BCUT2D eigenvalue weighted by Gasteiger charge is 2.13. The van der Waals surface area contributed by atoms with Crippen molar-refractivity contribution >= 4 is 0 Å². The summed E-state index contributed by atoms with van der Waals surface area (Å²) in [5, 5.41) is 15.3. The van der Waals surface area contributed by atoms with Crippen LogP contribution in [0.25, 0.3) is 0 Å². The van der Waals surface area contributed by atoms with Gasteiger partial charge >= 0.3 is 0 Å². The first-order chi connectivity index (χ1) is 7.15. The van der Waals surface area contributed by atoms with Crippen LogP contribution in [0.15, 0.2) is 0 Å². The molecule has 0 fully saturated rings. The lowest BCUT2D eigenvalue weighted by atomic mass is 9.97. The minimum atomic E-state index is 0.448. The second-order valence-electron chi connectivity index (χ2n) is 4.13. The zero-order valence-corrected chi connectivity index (χ0v) is 10.1. The van der Waals surface area contributed by atoms with E-state index in [0.717, 1.165) is 24.6 Å². The second-order valence-corrected chi connectivity index (χ2v) is 4.13. The lowest BCUT2D eigenvalue weighted by molar-refractivity contribution is 0.405. The first-order valence-corrected chi connectivity index (χ1v) is 5.55.